The van der Waals surface area contributed by atoms with Gasteiger partial charge in [-0.05, 0) is 31.0 Å². The predicted molar refractivity (Wildman–Crippen MR) is 105 cm³/mol. The molecule has 2 aliphatic heterocycles. The lowest BCUT2D eigenvalue weighted by Gasteiger charge is -2.36. The van der Waals surface area contributed by atoms with Gasteiger partial charge in [0.2, 0.25) is 0 Å². The minimum Gasteiger partial charge on any atom is -0.503 e. The number of anilines is 2. The fraction of sp³-hybridized carbons (Fsp3) is 0.400. The Morgan fingerprint density at radius 3 is 2.41 bits per heavy atom. The number of nitrogens with zero attached hydrogens (tertiary/aromatic N) is 5. The van der Waals surface area contributed by atoms with Gasteiger partial charge in [0, 0.05) is 39.3 Å². The third-order valence-electron chi connectivity index (χ3n) is 5.42. The van der Waals surface area contributed by atoms with Crippen molar-refractivity contribution in [2.24, 2.45) is 0 Å². The quantitative estimate of drug-likeness (QED) is 0.618. The maximum absolute atomic E-state index is 13.7. The van der Waals surface area contributed by atoms with E-state index in [-0.39, 0.29) is 11.3 Å². The Labute approximate surface area is 167 Å². The van der Waals surface area contributed by atoms with Crippen LogP contribution in [0.15, 0.2) is 24.4 Å². The normalized spacial score (nSPS) is 16.9. The van der Waals surface area contributed by atoms with Gasteiger partial charge in [-0.1, -0.05) is 0 Å². The van der Waals surface area contributed by atoms with Crippen molar-refractivity contribution >= 4 is 23.7 Å². The van der Waals surface area contributed by atoms with Crippen molar-refractivity contribution < 1.29 is 19.1 Å². The number of aromatic nitrogens is 2. The molecule has 9 heteroatoms. The van der Waals surface area contributed by atoms with Crippen LogP contribution in [-0.4, -0.2) is 71.4 Å². The molecule has 2 aromatic heterocycles. The summed E-state index contributed by atoms with van der Waals surface area (Å²) >= 11 is 0. The van der Waals surface area contributed by atoms with Crippen LogP contribution >= 0.6 is 0 Å². The van der Waals surface area contributed by atoms with Crippen molar-refractivity contribution in [2.45, 2.75) is 12.8 Å². The van der Waals surface area contributed by atoms with E-state index in [0.29, 0.717) is 32.5 Å². The van der Waals surface area contributed by atoms with E-state index in [1.165, 1.54) is 12.8 Å². The highest BCUT2D eigenvalue weighted by Gasteiger charge is 2.25. The summed E-state index contributed by atoms with van der Waals surface area (Å²) in [4.78, 5) is 37.6. The Balaban J connectivity index is 1.39. The Hall–Kier alpha value is -3.23. The van der Waals surface area contributed by atoms with Crippen LogP contribution in [0.25, 0.3) is 0 Å². The lowest BCUT2D eigenvalue weighted by molar-refractivity contribution is 0.0739. The average molecular weight is 399 g/mol. The van der Waals surface area contributed by atoms with Crippen molar-refractivity contribution in [2.75, 3.05) is 49.1 Å². The van der Waals surface area contributed by atoms with Gasteiger partial charge in [0.25, 0.3) is 11.9 Å². The second-order valence-electron chi connectivity index (χ2n) is 7.20. The van der Waals surface area contributed by atoms with Crippen LogP contribution in [0.1, 0.15) is 33.7 Å². The van der Waals surface area contributed by atoms with E-state index in [4.69, 9.17) is 0 Å². The zero-order chi connectivity index (χ0) is 20.4. The summed E-state index contributed by atoms with van der Waals surface area (Å²) in [5.41, 5.74) is 0.522. The average Bonchev–Trinajstić information content (AvgIpc) is 3.30. The standard InChI is InChI=1S/C20H22FN5O3/c21-19-18(28)14(13-27)11-16(23-19)20(29)26-9-7-24(8-10-26)15-3-4-17(22-12-15)25-5-1-2-6-25/h3-4,11-13,28H,1-2,5-10H2. The van der Waals surface area contributed by atoms with E-state index in [0.717, 1.165) is 30.7 Å². The number of carbonyl (C=O) groups excluding carboxylic acids is 2. The summed E-state index contributed by atoms with van der Waals surface area (Å²) in [6.45, 7) is 4.19. The van der Waals surface area contributed by atoms with Gasteiger partial charge in [-0.25, -0.2) is 9.97 Å². The van der Waals surface area contributed by atoms with Gasteiger partial charge < -0.3 is 19.8 Å². The highest BCUT2D eigenvalue weighted by Crippen LogP contribution is 2.23. The lowest BCUT2D eigenvalue weighted by atomic mass is 10.2. The first-order valence-corrected chi connectivity index (χ1v) is 9.67. The molecule has 2 saturated heterocycles. The number of hydrogen-bond donors (Lipinski definition) is 1. The molecule has 0 saturated carbocycles. The van der Waals surface area contributed by atoms with E-state index in [1.807, 2.05) is 18.3 Å². The number of halogens is 1. The second-order valence-corrected chi connectivity index (χ2v) is 7.20. The monoisotopic (exact) mass is 399 g/mol. The highest BCUT2D eigenvalue weighted by molar-refractivity contribution is 5.94. The number of pyridine rings is 2. The molecule has 1 amide bonds. The van der Waals surface area contributed by atoms with Gasteiger partial charge in [-0.15, -0.1) is 0 Å². The zero-order valence-corrected chi connectivity index (χ0v) is 15.9. The molecule has 8 nitrogen and oxygen atoms in total. The molecule has 4 heterocycles. The van der Waals surface area contributed by atoms with Crippen molar-refractivity contribution in [3.63, 3.8) is 0 Å². The molecular weight excluding hydrogens is 377 g/mol. The number of piperazine rings is 1. The molecule has 1 N–H and O–H groups in total. The van der Waals surface area contributed by atoms with E-state index < -0.39 is 17.6 Å². The molecule has 152 valence electrons. The van der Waals surface area contributed by atoms with Gasteiger partial charge in [0.1, 0.15) is 11.5 Å². The molecule has 0 spiro atoms. The van der Waals surface area contributed by atoms with Crippen molar-refractivity contribution in [3.8, 4) is 5.75 Å². The number of aldehydes is 1. The van der Waals surface area contributed by atoms with Gasteiger partial charge in [-0.2, -0.15) is 4.39 Å². The lowest BCUT2D eigenvalue weighted by Crippen LogP contribution is -2.49. The maximum atomic E-state index is 13.7. The van der Waals surface area contributed by atoms with Crippen LogP contribution < -0.4 is 9.80 Å². The van der Waals surface area contributed by atoms with E-state index in [1.54, 1.807) is 4.90 Å². The molecule has 2 fully saturated rings. The summed E-state index contributed by atoms with van der Waals surface area (Å²) < 4.78 is 13.7. The first kappa shape index (κ1) is 19.1. The van der Waals surface area contributed by atoms with Crippen LogP contribution in [0.2, 0.25) is 0 Å². The van der Waals surface area contributed by atoms with Crippen molar-refractivity contribution in [3.05, 3.63) is 41.6 Å². The molecule has 0 unspecified atom stereocenters. The number of amides is 1. The highest BCUT2D eigenvalue weighted by atomic mass is 19.1. The molecule has 0 atom stereocenters. The first-order valence-electron chi connectivity index (χ1n) is 9.67. The minimum atomic E-state index is -1.22. The first-order chi connectivity index (χ1) is 14.1. The molecule has 2 aliphatic rings. The Kier molecular flexibility index (Phi) is 5.28. The Morgan fingerprint density at radius 2 is 1.79 bits per heavy atom. The fourth-order valence-electron chi connectivity index (χ4n) is 3.75. The Morgan fingerprint density at radius 1 is 1.07 bits per heavy atom. The largest absolute Gasteiger partial charge is 0.503 e. The molecule has 0 bridgehead atoms. The number of aromatic hydroxyl groups is 1. The number of rotatable bonds is 4. The van der Waals surface area contributed by atoms with Crippen LogP contribution in [-0.2, 0) is 0 Å². The maximum Gasteiger partial charge on any atom is 0.272 e. The fourth-order valence-corrected chi connectivity index (χ4v) is 3.75. The van der Waals surface area contributed by atoms with Crippen LogP contribution in [0.5, 0.6) is 5.75 Å². The van der Waals surface area contributed by atoms with Gasteiger partial charge in [0.15, 0.2) is 12.0 Å². The topological polar surface area (TPSA) is 89.9 Å². The van der Waals surface area contributed by atoms with Gasteiger partial charge in [-0.3, -0.25) is 9.59 Å². The summed E-state index contributed by atoms with van der Waals surface area (Å²) in [5, 5.41) is 9.45. The number of carbonyl (C=O) groups is 2. The molecule has 0 radical (unpaired) electrons. The van der Waals surface area contributed by atoms with E-state index in [2.05, 4.69) is 19.8 Å². The zero-order valence-electron chi connectivity index (χ0n) is 15.9. The van der Waals surface area contributed by atoms with E-state index in [9.17, 15) is 19.1 Å². The molecule has 0 aliphatic carbocycles. The van der Waals surface area contributed by atoms with Crippen molar-refractivity contribution in [1.29, 1.82) is 0 Å². The molecule has 4 rings (SSSR count). The van der Waals surface area contributed by atoms with Gasteiger partial charge >= 0.3 is 0 Å². The summed E-state index contributed by atoms with van der Waals surface area (Å²) in [5.74, 6) is -1.53. The summed E-state index contributed by atoms with van der Waals surface area (Å²) in [6.07, 6.45) is 4.56. The van der Waals surface area contributed by atoms with Crippen LogP contribution in [0, 0.1) is 5.95 Å². The minimum absolute atomic E-state index is 0.188. The molecule has 0 aromatic carbocycles. The number of hydrogen-bond acceptors (Lipinski definition) is 7. The van der Waals surface area contributed by atoms with Crippen LogP contribution in [0.3, 0.4) is 0 Å². The summed E-state index contributed by atoms with van der Waals surface area (Å²) in [7, 11) is 0. The molecule has 29 heavy (non-hydrogen) atoms. The predicted octanol–water partition coefficient (Wildman–Crippen LogP) is 1.70. The Bertz CT molecular complexity index is 907. The third kappa shape index (κ3) is 3.85. The second kappa shape index (κ2) is 8.02. The molecular formula is C20H22FN5O3. The molecule has 2 aromatic rings. The SMILES string of the molecule is O=Cc1cc(C(=O)N2CCN(c3ccc(N4CCCC4)nc3)CC2)nc(F)c1O. The smallest absolute Gasteiger partial charge is 0.272 e. The van der Waals surface area contributed by atoms with Crippen LogP contribution in [0.4, 0.5) is 15.9 Å². The van der Waals surface area contributed by atoms with E-state index >= 15 is 0 Å². The summed E-state index contributed by atoms with van der Waals surface area (Å²) in [6, 6.07) is 5.19. The van der Waals surface area contributed by atoms with Gasteiger partial charge in [0.05, 0.1) is 17.4 Å². The van der Waals surface area contributed by atoms with Crippen molar-refractivity contribution in [1.82, 2.24) is 14.9 Å². The third-order valence-corrected chi connectivity index (χ3v) is 5.42.